The average Bonchev–Trinajstić information content (AvgIpc) is 3.37. The van der Waals surface area contributed by atoms with Crippen LogP contribution in [0.15, 0.2) is 65.1 Å². The number of carbonyl (C=O) groups is 1. The summed E-state index contributed by atoms with van der Waals surface area (Å²) in [6.45, 7) is 2.02. The van der Waals surface area contributed by atoms with Crippen molar-refractivity contribution in [2.75, 3.05) is 5.32 Å². The van der Waals surface area contributed by atoms with E-state index in [2.05, 4.69) is 26.2 Å². The molecule has 0 saturated carbocycles. The Labute approximate surface area is 188 Å². The lowest BCUT2D eigenvalue weighted by Gasteiger charge is -2.03. The Hall–Kier alpha value is -2.88. The molecule has 30 heavy (non-hydrogen) atoms. The standard InChI is InChI=1S/C21H14BrN3O3S2/c1-12-2-4-13(5-3-12)18-19(14-6-8-15(22)9-7-14)30-21(23-18)24-20(26)16-10-11-17(29-16)25(27)28/h2-11H,1H3,(H,23,24,26). The van der Waals surface area contributed by atoms with E-state index >= 15 is 0 Å². The van der Waals surface area contributed by atoms with Crippen LogP contribution in [0.3, 0.4) is 0 Å². The Bertz CT molecular complexity index is 1170. The Morgan fingerprint density at radius 1 is 1.00 bits per heavy atom. The molecule has 0 aliphatic rings. The number of aromatic nitrogens is 1. The first-order valence-corrected chi connectivity index (χ1v) is 11.2. The molecule has 0 atom stereocenters. The molecular formula is C21H14BrN3O3S2. The van der Waals surface area contributed by atoms with Crippen molar-refractivity contribution in [3.05, 3.63) is 85.7 Å². The maximum absolute atomic E-state index is 12.6. The van der Waals surface area contributed by atoms with Gasteiger partial charge in [-0.3, -0.25) is 20.2 Å². The number of nitrogens with zero attached hydrogens (tertiary/aromatic N) is 2. The van der Waals surface area contributed by atoms with E-state index in [9.17, 15) is 14.9 Å². The highest BCUT2D eigenvalue weighted by Crippen LogP contribution is 2.39. The molecule has 4 rings (SSSR count). The summed E-state index contributed by atoms with van der Waals surface area (Å²) in [6, 6.07) is 18.7. The van der Waals surface area contributed by atoms with E-state index in [1.54, 1.807) is 0 Å². The van der Waals surface area contributed by atoms with Crippen LogP contribution in [0.5, 0.6) is 0 Å². The Morgan fingerprint density at radius 2 is 1.67 bits per heavy atom. The van der Waals surface area contributed by atoms with Gasteiger partial charge in [0.25, 0.3) is 5.91 Å². The number of halogens is 1. The number of benzene rings is 2. The molecule has 0 radical (unpaired) electrons. The molecule has 2 heterocycles. The number of anilines is 1. The number of thiophene rings is 1. The van der Waals surface area contributed by atoms with Crippen LogP contribution in [0.2, 0.25) is 0 Å². The van der Waals surface area contributed by atoms with E-state index in [0.29, 0.717) is 5.13 Å². The van der Waals surface area contributed by atoms with Crippen molar-refractivity contribution < 1.29 is 9.72 Å². The molecule has 4 aromatic rings. The number of carbonyl (C=O) groups excluding carboxylic acids is 1. The lowest BCUT2D eigenvalue weighted by molar-refractivity contribution is -0.380. The summed E-state index contributed by atoms with van der Waals surface area (Å²) < 4.78 is 0.973. The monoisotopic (exact) mass is 499 g/mol. The van der Waals surface area contributed by atoms with E-state index in [1.807, 2.05) is 55.5 Å². The number of nitro groups is 1. The fourth-order valence-corrected chi connectivity index (χ4v) is 4.75. The molecule has 0 fully saturated rings. The van der Waals surface area contributed by atoms with Crippen LogP contribution >= 0.6 is 38.6 Å². The SMILES string of the molecule is Cc1ccc(-c2nc(NC(=O)c3ccc([N+](=O)[O-])s3)sc2-c2ccc(Br)cc2)cc1. The number of hydrogen-bond acceptors (Lipinski definition) is 6. The molecule has 2 aromatic carbocycles. The fourth-order valence-electron chi connectivity index (χ4n) is 2.78. The topological polar surface area (TPSA) is 85.1 Å². The number of hydrogen-bond donors (Lipinski definition) is 1. The van der Waals surface area contributed by atoms with E-state index in [0.717, 1.165) is 43.1 Å². The molecule has 0 aliphatic carbocycles. The summed E-state index contributed by atoms with van der Waals surface area (Å²) in [7, 11) is 0. The minimum Gasteiger partial charge on any atom is -0.297 e. The van der Waals surface area contributed by atoms with Gasteiger partial charge in [0.15, 0.2) is 5.13 Å². The third kappa shape index (κ3) is 4.33. The molecule has 0 saturated heterocycles. The van der Waals surface area contributed by atoms with Crippen LogP contribution in [0.25, 0.3) is 21.7 Å². The highest BCUT2D eigenvalue weighted by atomic mass is 79.9. The Balaban J connectivity index is 1.70. The van der Waals surface area contributed by atoms with Crippen molar-refractivity contribution >= 4 is 54.6 Å². The van der Waals surface area contributed by atoms with Gasteiger partial charge in [-0.1, -0.05) is 80.6 Å². The van der Waals surface area contributed by atoms with Gasteiger partial charge in [0.2, 0.25) is 0 Å². The van der Waals surface area contributed by atoms with Gasteiger partial charge in [-0.2, -0.15) is 0 Å². The number of amides is 1. The largest absolute Gasteiger partial charge is 0.324 e. The Morgan fingerprint density at radius 3 is 2.30 bits per heavy atom. The molecule has 0 bridgehead atoms. The highest BCUT2D eigenvalue weighted by molar-refractivity contribution is 9.10. The number of rotatable bonds is 5. The second kappa shape index (κ2) is 8.47. The van der Waals surface area contributed by atoms with Crippen molar-refractivity contribution in [3.63, 3.8) is 0 Å². The number of nitrogens with one attached hydrogen (secondary N) is 1. The molecule has 2 aromatic heterocycles. The third-order valence-electron chi connectivity index (χ3n) is 4.27. The molecule has 0 aliphatic heterocycles. The van der Waals surface area contributed by atoms with E-state index in [1.165, 1.54) is 23.5 Å². The van der Waals surface area contributed by atoms with Crippen molar-refractivity contribution in [1.82, 2.24) is 4.98 Å². The van der Waals surface area contributed by atoms with Crippen LogP contribution in [-0.2, 0) is 0 Å². The second-order valence-electron chi connectivity index (χ2n) is 6.42. The second-order valence-corrected chi connectivity index (χ2v) is 9.40. The van der Waals surface area contributed by atoms with Crippen molar-refractivity contribution in [2.24, 2.45) is 0 Å². The number of thiazole rings is 1. The van der Waals surface area contributed by atoms with Gasteiger partial charge in [0.05, 0.1) is 20.4 Å². The zero-order valence-electron chi connectivity index (χ0n) is 15.6. The Kier molecular flexibility index (Phi) is 5.76. The zero-order chi connectivity index (χ0) is 21.3. The normalized spacial score (nSPS) is 10.7. The first kappa shape index (κ1) is 20.4. The summed E-state index contributed by atoms with van der Waals surface area (Å²) in [6.07, 6.45) is 0. The first-order valence-electron chi connectivity index (χ1n) is 8.80. The van der Waals surface area contributed by atoms with Crippen LogP contribution in [-0.4, -0.2) is 15.8 Å². The van der Waals surface area contributed by atoms with E-state index in [-0.39, 0.29) is 9.88 Å². The van der Waals surface area contributed by atoms with Gasteiger partial charge in [0, 0.05) is 16.1 Å². The molecular weight excluding hydrogens is 486 g/mol. The first-order chi connectivity index (χ1) is 14.4. The smallest absolute Gasteiger partial charge is 0.297 e. The highest BCUT2D eigenvalue weighted by Gasteiger charge is 2.19. The lowest BCUT2D eigenvalue weighted by Crippen LogP contribution is -2.09. The van der Waals surface area contributed by atoms with Gasteiger partial charge < -0.3 is 0 Å². The predicted octanol–water partition coefficient (Wildman–Crippen LogP) is 6.77. The molecule has 1 N–H and O–H groups in total. The van der Waals surface area contributed by atoms with Gasteiger partial charge in [0.1, 0.15) is 0 Å². The molecule has 6 nitrogen and oxygen atoms in total. The van der Waals surface area contributed by atoms with Gasteiger partial charge in [-0.05, 0) is 30.7 Å². The summed E-state index contributed by atoms with van der Waals surface area (Å²) >= 11 is 5.65. The molecule has 0 spiro atoms. The molecule has 0 unspecified atom stereocenters. The van der Waals surface area contributed by atoms with Crippen LogP contribution in [0, 0.1) is 17.0 Å². The maximum Gasteiger partial charge on any atom is 0.324 e. The minimum atomic E-state index is -0.508. The summed E-state index contributed by atoms with van der Waals surface area (Å²) in [5, 5.41) is 14.0. The maximum atomic E-state index is 12.6. The van der Waals surface area contributed by atoms with E-state index < -0.39 is 10.8 Å². The van der Waals surface area contributed by atoms with Crippen LogP contribution in [0.1, 0.15) is 15.2 Å². The molecule has 1 amide bonds. The van der Waals surface area contributed by atoms with Gasteiger partial charge >= 0.3 is 5.00 Å². The number of aryl methyl sites for hydroxylation is 1. The summed E-state index contributed by atoms with van der Waals surface area (Å²) in [5.41, 5.74) is 3.85. The molecule has 150 valence electrons. The van der Waals surface area contributed by atoms with Gasteiger partial charge in [-0.25, -0.2) is 4.98 Å². The predicted molar refractivity (Wildman–Crippen MR) is 124 cm³/mol. The van der Waals surface area contributed by atoms with Crippen molar-refractivity contribution in [1.29, 1.82) is 0 Å². The van der Waals surface area contributed by atoms with Crippen molar-refractivity contribution in [3.8, 4) is 21.7 Å². The van der Waals surface area contributed by atoms with E-state index in [4.69, 9.17) is 0 Å². The quantitative estimate of drug-likeness (QED) is 0.242. The van der Waals surface area contributed by atoms with Crippen LogP contribution in [0.4, 0.5) is 10.1 Å². The third-order valence-corrected chi connectivity index (χ3v) is 6.86. The van der Waals surface area contributed by atoms with Gasteiger partial charge in [-0.15, -0.1) is 0 Å². The minimum absolute atomic E-state index is 0.0739. The molecule has 9 heteroatoms. The average molecular weight is 500 g/mol. The fraction of sp³-hybridized carbons (Fsp3) is 0.0476. The van der Waals surface area contributed by atoms with Crippen LogP contribution < -0.4 is 5.32 Å². The summed E-state index contributed by atoms with van der Waals surface area (Å²) in [4.78, 5) is 28.8. The van der Waals surface area contributed by atoms with Crippen molar-refractivity contribution in [2.45, 2.75) is 6.92 Å². The lowest BCUT2D eigenvalue weighted by atomic mass is 10.1. The zero-order valence-corrected chi connectivity index (χ0v) is 18.8. The summed E-state index contributed by atoms with van der Waals surface area (Å²) in [5.74, 6) is -0.417.